The van der Waals surface area contributed by atoms with Crippen molar-refractivity contribution < 1.29 is 0 Å². The second-order valence-corrected chi connectivity index (χ2v) is 4.10. The minimum Gasteiger partial charge on any atom is -0.151 e. The second kappa shape index (κ2) is 3.42. The molecule has 0 N–H and O–H groups in total. The molecular formula is C10H7BrS. The number of hydrogen-bond donors (Lipinski definition) is 0. The summed E-state index contributed by atoms with van der Waals surface area (Å²) in [4.78, 5) is 0. The van der Waals surface area contributed by atoms with Gasteiger partial charge in [-0.3, -0.25) is 0 Å². The van der Waals surface area contributed by atoms with Gasteiger partial charge in [-0.25, -0.2) is 0 Å². The highest BCUT2D eigenvalue weighted by atomic mass is 79.9. The molecule has 0 atom stereocenters. The number of thiophene rings is 1. The molecule has 2 aromatic rings. The molecule has 1 heterocycles. The molecule has 1 aromatic carbocycles. The second-order valence-electron chi connectivity index (χ2n) is 2.50. The molecule has 2 rings (SSSR count). The van der Waals surface area contributed by atoms with Crippen LogP contribution in [0.5, 0.6) is 0 Å². The Labute approximate surface area is 84.0 Å². The van der Waals surface area contributed by atoms with Crippen molar-refractivity contribution in [3.63, 3.8) is 0 Å². The van der Waals surface area contributed by atoms with Gasteiger partial charge >= 0.3 is 0 Å². The molecule has 0 saturated heterocycles. The first-order chi connectivity index (χ1) is 5.88. The zero-order chi connectivity index (χ0) is 8.39. The monoisotopic (exact) mass is 238 g/mol. The molecule has 2 heteroatoms. The van der Waals surface area contributed by atoms with Crippen molar-refractivity contribution in [3.05, 3.63) is 45.6 Å². The maximum absolute atomic E-state index is 3.51. The van der Waals surface area contributed by atoms with Gasteiger partial charge in [0.15, 0.2) is 0 Å². The van der Waals surface area contributed by atoms with Gasteiger partial charge in [0.2, 0.25) is 0 Å². The van der Waals surface area contributed by atoms with Crippen LogP contribution < -0.4 is 0 Å². The summed E-state index contributed by atoms with van der Waals surface area (Å²) in [5.41, 5.74) is 2.55. The molecule has 0 unspecified atom stereocenters. The standard InChI is InChI=1S/C10H7BrS/c11-10-7-12-6-9(10)8-4-2-1-3-5-8/h1-7H. The van der Waals surface area contributed by atoms with Crippen molar-refractivity contribution in [2.75, 3.05) is 0 Å². The summed E-state index contributed by atoms with van der Waals surface area (Å²) < 4.78 is 1.18. The number of benzene rings is 1. The average molecular weight is 239 g/mol. The van der Waals surface area contributed by atoms with Gasteiger partial charge in [-0.15, -0.1) is 0 Å². The van der Waals surface area contributed by atoms with E-state index in [1.807, 2.05) is 6.07 Å². The minimum atomic E-state index is 1.18. The van der Waals surface area contributed by atoms with E-state index < -0.39 is 0 Å². The molecule has 12 heavy (non-hydrogen) atoms. The third kappa shape index (κ3) is 1.45. The molecule has 0 aliphatic rings. The summed E-state index contributed by atoms with van der Waals surface area (Å²) in [6, 6.07) is 10.4. The Hall–Kier alpha value is -0.600. The lowest BCUT2D eigenvalue weighted by molar-refractivity contribution is 1.66. The van der Waals surface area contributed by atoms with Crippen molar-refractivity contribution >= 4 is 27.3 Å². The highest BCUT2D eigenvalue weighted by molar-refractivity contribution is 9.10. The molecule has 1 aromatic heterocycles. The molecule has 0 fully saturated rings. The summed E-state index contributed by atoms with van der Waals surface area (Å²) in [5.74, 6) is 0. The smallest absolute Gasteiger partial charge is 0.0360 e. The molecule has 0 amide bonds. The van der Waals surface area contributed by atoms with Gasteiger partial charge in [0, 0.05) is 15.4 Å². The van der Waals surface area contributed by atoms with Crippen molar-refractivity contribution in [1.82, 2.24) is 0 Å². The fourth-order valence-electron chi connectivity index (χ4n) is 1.11. The zero-order valence-electron chi connectivity index (χ0n) is 6.33. The van der Waals surface area contributed by atoms with Gasteiger partial charge in [-0.1, -0.05) is 30.3 Å². The van der Waals surface area contributed by atoms with E-state index >= 15 is 0 Å². The van der Waals surface area contributed by atoms with Crippen molar-refractivity contribution in [2.24, 2.45) is 0 Å². The maximum atomic E-state index is 3.51. The lowest BCUT2D eigenvalue weighted by Gasteiger charge is -1.96. The molecule has 0 spiro atoms. The van der Waals surface area contributed by atoms with E-state index in [2.05, 4.69) is 51.0 Å². The molecule has 0 saturated carbocycles. The van der Waals surface area contributed by atoms with Crippen LogP contribution in [0.2, 0.25) is 0 Å². The quantitative estimate of drug-likeness (QED) is 0.700. The Balaban J connectivity index is 2.51. The van der Waals surface area contributed by atoms with Crippen molar-refractivity contribution in [2.45, 2.75) is 0 Å². The molecule has 0 aliphatic carbocycles. The van der Waals surface area contributed by atoms with E-state index in [9.17, 15) is 0 Å². The zero-order valence-corrected chi connectivity index (χ0v) is 8.73. The van der Waals surface area contributed by atoms with E-state index in [4.69, 9.17) is 0 Å². The molecule has 0 radical (unpaired) electrons. The Morgan fingerprint density at radius 2 is 1.75 bits per heavy atom. The van der Waals surface area contributed by atoms with Gasteiger partial charge in [0.25, 0.3) is 0 Å². The Morgan fingerprint density at radius 1 is 1.00 bits per heavy atom. The highest BCUT2D eigenvalue weighted by Crippen LogP contribution is 2.30. The van der Waals surface area contributed by atoms with Crippen LogP contribution in [0.25, 0.3) is 11.1 Å². The third-order valence-corrected chi connectivity index (χ3v) is 3.40. The summed E-state index contributed by atoms with van der Waals surface area (Å²) in [5, 5.41) is 4.25. The topological polar surface area (TPSA) is 0 Å². The predicted octanol–water partition coefficient (Wildman–Crippen LogP) is 4.18. The lowest BCUT2D eigenvalue weighted by atomic mass is 10.1. The fourth-order valence-corrected chi connectivity index (χ4v) is 2.64. The molecule has 0 aliphatic heterocycles. The summed E-state index contributed by atoms with van der Waals surface area (Å²) in [7, 11) is 0. The molecule has 0 bridgehead atoms. The summed E-state index contributed by atoms with van der Waals surface area (Å²) >= 11 is 5.23. The van der Waals surface area contributed by atoms with Crippen LogP contribution in [-0.4, -0.2) is 0 Å². The molecule has 60 valence electrons. The first kappa shape index (κ1) is 8.02. The van der Waals surface area contributed by atoms with Crippen molar-refractivity contribution in [3.8, 4) is 11.1 Å². The molecule has 0 nitrogen and oxygen atoms in total. The number of hydrogen-bond acceptors (Lipinski definition) is 1. The summed E-state index contributed by atoms with van der Waals surface area (Å²) in [6.07, 6.45) is 0. The SMILES string of the molecule is Brc1cscc1-c1ccccc1. The van der Waals surface area contributed by atoms with Crippen LogP contribution in [0.1, 0.15) is 0 Å². The maximum Gasteiger partial charge on any atom is 0.0360 e. The van der Waals surface area contributed by atoms with Crippen LogP contribution in [0, 0.1) is 0 Å². The van der Waals surface area contributed by atoms with Crippen LogP contribution in [0.3, 0.4) is 0 Å². The van der Waals surface area contributed by atoms with Crippen molar-refractivity contribution in [1.29, 1.82) is 0 Å². The largest absolute Gasteiger partial charge is 0.151 e. The van der Waals surface area contributed by atoms with E-state index in [0.717, 1.165) is 0 Å². The van der Waals surface area contributed by atoms with Crippen LogP contribution in [0.15, 0.2) is 45.6 Å². The van der Waals surface area contributed by atoms with Crippen LogP contribution >= 0.6 is 27.3 Å². The first-order valence-corrected chi connectivity index (χ1v) is 5.38. The third-order valence-electron chi connectivity index (χ3n) is 1.70. The van der Waals surface area contributed by atoms with E-state index in [0.29, 0.717) is 0 Å². The van der Waals surface area contributed by atoms with E-state index in [1.165, 1.54) is 15.6 Å². The van der Waals surface area contributed by atoms with Crippen LogP contribution in [-0.2, 0) is 0 Å². The summed E-state index contributed by atoms with van der Waals surface area (Å²) in [6.45, 7) is 0. The normalized spacial score (nSPS) is 10.1. The Bertz CT molecular complexity index is 364. The fraction of sp³-hybridized carbons (Fsp3) is 0. The van der Waals surface area contributed by atoms with Gasteiger partial charge in [0.1, 0.15) is 0 Å². The Kier molecular flexibility index (Phi) is 2.28. The number of rotatable bonds is 1. The first-order valence-electron chi connectivity index (χ1n) is 3.65. The van der Waals surface area contributed by atoms with Gasteiger partial charge in [-0.2, -0.15) is 11.3 Å². The van der Waals surface area contributed by atoms with E-state index in [-0.39, 0.29) is 0 Å². The number of halogens is 1. The van der Waals surface area contributed by atoms with Crippen LogP contribution in [0.4, 0.5) is 0 Å². The molecular weight excluding hydrogens is 232 g/mol. The van der Waals surface area contributed by atoms with Gasteiger partial charge in [0.05, 0.1) is 0 Å². The minimum absolute atomic E-state index is 1.18. The average Bonchev–Trinajstić information content (AvgIpc) is 2.53. The Morgan fingerprint density at radius 3 is 2.33 bits per heavy atom. The van der Waals surface area contributed by atoms with E-state index in [1.54, 1.807) is 11.3 Å². The predicted molar refractivity (Wildman–Crippen MR) is 57.5 cm³/mol. The van der Waals surface area contributed by atoms with Gasteiger partial charge in [-0.05, 0) is 26.9 Å². The van der Waals surface area contributed by atoms with Gasteiger partial charge < -0.3 is 0 Å². The highest BCUT2D eigenvalue weighted by Gasteiger charge is 2.01. The lowest BCUT2D eigenvalue weighted by Crippen LogP contribution is -1.71.